The SMILES string of the molecule is Cc1sc2ncnc(SCC(=O)N(C)C3(C#N)CCCCC3)c2c1C. The van der Waals surface area contributed by atoms with Crippen LogP contribution >= 0.6 is 23.1 Å². The van der Waals surface area contributed by atoms with Gasteiger partial charge in [-0.3, -0.25) is 4.79 Å². The van der Waals surface area contributed by atoms with Crippen LogP contribution in [0.25, 0.3) is 10.2 Å². The Labute approximate surface area is 156 Å². The lowest BCUT2D eigenvalue weighted by molar-refractivity contribution is -0.131. The van der Waals surface area contributed by atoms with Gasteiger partial charge in [-0.2, -0.15) is 5.26 Å². The van der Waals surface area contributed by atoms with Crippen molar-refractivity contribution in [1.29, 1.82) is 5.26 Å². The van der Waals surface area contributed by atoms with Crippen molar-refractivity contribution < 1.29 is 4.79 Å². The van der Waals surface area contributed by atoms with Crippen molar-refractivity contribution in [3.8, 4) is 6.07 Å². The molecule has 1 fully saturated rings. The lowest BCUT2D eigenvalue weighted by atomic mass is 9.81. The minimum absolute atomic E-state index is 0.00943. The van der Waals surface area contributed by atoms with E-state index >= 15 is 0 Å². The molecule has 0 N–H and O–H groups in total. The molecule has 1 aliphatic carbocycles. The van der Waals surface area contributed by atoms with Gasteiger partial charge in [0.1, 0.15) is 21.7 Å². The van der Waals surface area contributed by atoms with Crippen LogP contribution in [-0.2, 0) is 4.79 Å². The molecule has 1 amide bonds. The maximum atomic E-state index is 12.7. The Morgan fingerprint density at radius 2 is 2.08 bits per heavy atom. The molecular formula is C18H22N4OS2. The summed E-state index contributed by atoms with van der Waals surface area (Å²) in [5.41, 5.74) is 0.552. The zero-order chi connectivity index (χ0) is 18.0. The molecule has 2 aromatic heterocycles. The molecule has 0 atom stereocenters. The largest absolute Gasteiger partial charge is 0.326 e. The fourth-order valence-electron chi connectivity index (χ4n) is 3.38. The molecular weight excluding hydrogens is 352 g/mol. The Balaban J connectivity index is 1.75. The predicted molar refractivity (Wildman–Crippen MR) is 102 cm³/mol. The van der Waals surface area contributed by atoms with Crippen molar-refractivity contribution in [2.24, 2.45) is 0 Å². The van der Waals surface area contributed by atoms with Crippen LogP contribution in [0.4, 0.5) is 0 Å². The molecule has 2 aromatic rings. The van der Waals surface area contributed by atoms with Crippen molar-refractivity contribution >= 4 is 39.2 Å². The first-order chi connectivity index (χ1) is 12.0. The number of amides is 1. The summed E-state index contributed by atoms with van der Waals surface area (Å²) in [6.45, 7) is 4.15. The third kappa shape index (κ3) is 3.38. The van der Waals surface area contributed by atoms with Gasteiger partial charge < -0.3 is 4.90 Å². The van der Waals surface area contributed by atoms with Crippen LogP contribution in [0.5, 0.6) is 0 Å². The highest BCUT2D eigenvalue weighted by Crippen LogP contribution is 2.36. The van der Waals surface area contributed by atoms with Gasteiger partial charge in [0.25, 0.3) is 0 Å². The Bertz CT molecular complexity index is 833. The number of nitrogens with zero attached hydrogens (tertiary/aromatic N) is 4. The van der Waals surface area contributed by atoms with E-state index in [0.29, 0.717) is 5.75 Å². The number of aromatic nitrogens is 2. The van der Waals surface area contributed by atoms with E-state index in [-0.39, 0.29) is 5.91 Å². The van der Waals surface area contributed by atoms with Crippen LogP contribution in [0.3, 0.4) is 0 Å². The quantitative estimate of drug-likeness (QED) is 0.595. The smallest absolute Gasteiger partial charge is 0.234 e. The number of rotatable bonds is 4. The van der Waals surface area contributed by atoms with Gasteiger partial charge in [0.05, 0.1) is 11.8 Å². The van der Waals surface area contributed by atoms with Gasteiger partial charge in [0.2, 0.25) is 5.91 Å². The number of hydrogen-bond acceptors (Lipinski definition) is 6. The van der Waals surface area contributed by atoms with Crippen LogP contribution in [-0.4, -0.2) is 39.1 Å². The van der Waals surface area contributed by atoms with Gasteiger partial charge in [0, 0.05) is 17.3 Å². The van der Waals surface area contributed by atoms with Gasteiger partial charge in [-0.05, 0) is 32.3 Å². The van der Waals surface area contributed by atoms with Crippen molar-refractivity contribution in [3.05, 3.63) is 16.8 Å². The maximum Gasteiger partial charge on any atom is 0.234 e. The Hall–Kier alpha value is -1.65. The molecule has 2 heterocycles. The molecule has 25 heavy (non-hydrogen) atoms. The maximum absolute atomic E-state index is 12.7. The van der Waals surface area contributed by atoms with Crippen LogP contribution in [0.1, 0.15) is 42.5 Å². The summed E-state index contributed by atoms with van der Waals surface area (Å²) < 4.78 is 0. The average Bonchev–Trinajstić information content (AvgIpc) is 2.94. The van der Waals surface area contributed by atoms with Crippen molar-refractivity contribution in [1.82, 2.24) is 14.9 Å². The second kappa shape index (κ2) is 7.30. The second-order valence-electron chi connectivity index (χ2n) is 6.59. The lowest BCUT2D eigenvalue weighted by Gasteiger charge is -2.39. The summed E-state index contributed by atoms with van der Waals surface area (Å²) >= 11 is 3.10. The Morgan fingerprint density at radius 1 is 1.36 bits per heavy atom. The minimum atomic E-state index is -0.633. The normalized spacial score (nSPS) is 16.6. The van der Waals surface area contributed by atoms with Crippen LogP contribution in [0.2, 0.25) is 0 Å². The highest BCUT2D eigenvalue weighted by Gasteiger charge is 2.38. The molecule has 0 radical (unpaired) electrons. The van der Waals surface area contributed by atoms with E-state index in [0.717, 1.165) is 47.3 Å². The van der Waals surface area contributed by atoms with E-state index in [1.165, 1.54) is 22.2 Å². The zero-order valence-electron chi connectivity index (χ0n) is 14.8. The molecule has 0 aromatic carbocycles. The third-order valence-electron chi connectivity index (χ3n) is 5.17. The zero-order valence-corrected chi connectivity index (χ0v) is 16.5. The summed E-state index contributed by atoms with van der Waals surface area (Å²) in [5, 5.41) is 11.6. The highest BCUT2D eigenvalue weighted by atomic mass is 32.2. The van der Waals surface area contributed by atoms with E-state index in [1.807, 2.05) is 0 Å². The summed E-state index contributed by atoms with van der Waals surface area (Å²) in [4.78, 5) is 25.3. The van der Waals surface area contributed by atoms with Gasteiger partial charge in [-0.15, -0.1) is 11.3 Å². The van der Waals surface area contributed by atoms with E-state index in [1.54, 1.807) is 29.6 Å². The van der Waals surface area contributed by atoms with Crippen LogP contribution in [0.15, 0.2) is 11.4 Å². The molecule has 132 valence electrons. The van der Waals surface area contributed by atoms with Gasteiger partial charge in [-0.25, -0.2) is 9.97 Å². The van der Waals surface area contributed by atoms with E-state index in [2.05, 4.69) is 29.9 Å². The van der Waals surface area contributed by atoms with Gasteiger partial charge in [0.15, 0.2) is 0 Å². The predicted octanol–water partition coefficient (Wildman–Crippen LogP) is 4.09. The summed E-state index contributed by atoms with van der Waals surface area (Å²) in [5.74, 6) is 0.283. The molecule has 3 rings (SSSR count). The topological polar surface area (TPSA) is 69.9 Å². The first-order valence-corrected chi connectivity index (χ1v) is 10.3. The van der Waals surface area contributed by atoms with Gasteiger partial charge in [-0.1, -0.05) is 31.0 Å². The van der Waals surface area contributed by atoms with Crippen molar-refractivity contribution in [3.63, 3.8) is 0 Å². The van der Waals surface area contributed by atoms with Crippen LogP contribution in [0, 0.1) is 25.2 Å². The summed E-state index contributed by atoms with van der Waals surface area (Å²) in [6.07, 6.45) is 6.28. The van der Waals surface area contributed by atoms with Crippen molar-refractivity contribution in [2.45, 2.75) is 56.5 Å². The van der Waals surface area contributed by atoms with Crippen LogP contribution < -0.4 is 0 Å². The van der Waals surface area contributed by atoms with E-state index in [9.17, 15) is 10.1 Å². The fraction of sp³-hybridized carbons (Fsp3) is 0.556. The highest BCUT2D eigenvalue weighted by molar-refractivity contribution is 8.00. The van der Waals surface area contributed by atoms with Crippen molar-refractivity contribution in [2.75, 3.05) is 12.8 Å². The molecule has 0 saturated heterocycles. The molecule has 5 nitrogen and oxygen atoms in total. The number of aryl methyl sites for hydroxylation is 2. The average molecular weight is 375 g/mol. The molecule has 0 aliphatic heterocycles. The van der Waals surface area contributed by atoms with Gasteiger partial charge >= 0.3 is 0 Å². The second-order valence-corrected chi connectivity index (χ2v) is 8.75. The number of fused-ring (bicyclic) bond motifs is 1. The number of hydrogen-bond donors (Lipinski definition) is 0. The Morgan fingerprint density at radius 3 is 2.76 bits per heavy atom. The summed E-state index contributed by atoms with van der Waals surface area (Å²) in [7, 11) is 1.77. The lowest BCUT2D eigenvalue weighted by Crippen LogP contribution is -2.50. The molecule has 1 aliphatic rings. The molecule has 0 spiro atoms. The first-order valence-electron chi connectivity index (χ1n) is 8.50. The molecule has 0 bridgehead atoms. The molecule has 7 heteroatoms. The van der Waals surface area contributed by atoms with E-state index in [4.69, 9.17) is 0 Å². The number of nitriles is 1. The number of thioether (sulfide) groups is 1. The third-order valence-corrected chi connectivity index (χ3v) is 7.26. The minimum Gasteiger partial charge on any atom is -0.326 e. The molecule has 0 unspecified atom stereocenters. The fourth-order valence-corrected chi connectivity index (χ4v) is 5.42. The standard InChI is InChI=1S/C18H22N4OS2/c1-12-13(2)25-17-15(12)16(20-11-21-17)24-9-14(23)22(3)18(10-19)7-5-4-6-8-18/h11H,4-9H2,1-3H3. The summed E-state index contributed by atoms with van der Waals surface area (Å²) in [6, 6.07) is 2.41. The number of thiophene rings is 1. The Kier molecular flexibility index (Phi) is 5.30. The first kappa shape index (κ1) is 18.2. The number of carbonyl (C=O) groups is 1. The number of carbonyl (C=O) groups excluding carboxylic acids is 1. The molecule has 1 saturated carbocycles. The van der Waals surface area contributed by atoms with E-state index < -0.39 is 5.54 Å². The monoisotopic (exact) mass is 374 g/mol.